The zero-order valence-electron chi connectivity index (χ0n) is 31.4. The van der Waals surface area contributed by atoms with E-state index in [1.54, 1.807) is 0 Å². The smallest absolute Gasteiger partial charge is 0.462 e. The van der Waals surface area contributed by atoms with Crippen LogP contribution in [0.4, 0.5) is 0 Å². The van der Waals surface area contributed by atoms with Crippen LogP contribution >= 0.6 is 15.6 Å². The van der Waals surface area contributed by atoms with Crippen molar-refractivity contribution in [3.8, 4) is 0 Å². The fourth-order valence-corrected chi connectivity index (χ4v) is 6.03. The predicted molar refractivity (Wildman–Crippen MR) is 198 cm³/mol. The first-order valence-electron chi connectivity index (χ1n) is 18.9. The molecule has 0 aliphatic rings. The van der Waals surface area contributed by atoms with Gasteiger partial charge in [-0.15, -0.1) is 0 Å². The maximum Gasteiger partial charge on any atom is 0.472 e. The predicted octanol–water partition coefficient (Wildman–Crippen LogP) is 8.64. The van der Waals surface area contributed by atoms with Crippen molar-refractivity contribution in [2.24, 2.45) is 5.92 Å². The fourth-order valence-electron chi connectivity index (χ4n) is 4.87. The van der Waals surface area contributed by atoms with Crippen LogP contribution in [0.5, 0.6) is 0 Å². The van der Waals surface area contributed by atoms with E-state index in [1.807, 2.05) is 0 Å². The first-order chi connectivity index (χ1) is 24.2. The summed E-state index contributed by atoms with van der Waals surface area (Å²) in [5, 5.41) is 9.70. The van der Waals surface area contributed by atoms with E-state index >= 15 is 0 Å². The molecule has 0 saturated heterocycles. The Morgan fingerprint density at radius 2 is 1.12 bits per heavy atom. The van der Waals surface area contributed by atoms with Crippen LogP contribution < -0.4 is 0 Å². The zero-order chi connectivity index (χ0) is 38.2. The minimum Gasteiger partial charge on any atom is -0.462 e. The zero-order valence-corrected chi connectivity index (χ0v) is 33.2. The van der Waals surface area contributed by atoms with Gasteiger partial charge in [-0.2, -0.15) is 0 Å². The monoisotopic (exact) mass is 770 g/mol. The van der Waals surface area contributed by atoms with Crippen LogP contribution in [0.2, 0.25) is 0 Å². The molecule has 0 amide bonds. The number of rotatable bonds is 35. The molecule has 0 rings (SSSR count). The minimum absolute atomic E-state index is 0.115. The quantitative estimate of drug-likeness (QED) is 0.0207. The number of carbonyl (C=O) groups is 2. The fraction of sp³-hybridized carbons (Fsp3) is 0.833. The lowest BCUT2D eigenvalue weighted by Crippen LogP contribution is -2.30. The van der Waals surface area contributed by atoms with E-state index in [1.165, 1.54) is 44.9 Å². The average molecular weight is 771 g/mol. The number of unbranched alkanes of at least 4 members (excludes halogenated alkanes) is 14. The standard InChI is InChI=1S/C36H68O13P2/c1-4-5-6-7-8-9-10-11-12-13-14-15-16-21-24-27-36(39)49-34(30-45-35(38)26-23-20-18-17-19-22-25-32(2)3)31-48-51(43,44)47-29-33(37)28-46-50(40,41)42/h9-12,32-34,37H,4-8,13-31H2,1-3H3,(H,43,44)(H2,40,41,42)/b10-9-,12-11-/t33-,34+/m0/s1. The minimum atomic E-state index is -4.86. The highest BCUT2D eigenvalue weighted by Crippen LogP contribution is 2.43. The van der Waals surface area contributed by atoms with Crippen LogP contribution in [0.25, 0.3) is 0 Å². The van der Waals surface area contributed by atoms with Gasteiger partial charge < -0.3 is 29.3 Å². The summed E-state index contributed by atoms with van der Waals surface area (Å²) in [6.45, 7) is 3.91. The summed E-state index contributed by atoms with van der Waals surface area (Å²) in [6, 6.07) is 0. The number of allylic oxidation sites excluding steroid dienone is 4. The van der Waals surface area contributed by atoms with Gasteiger partial charge in [0.15, 0.2) is 6.10 Å². The van der Waals surface area contributed by atoms with Crippen molar-refractivity contribution in [2.75, 3.05) is 26.4 Å². The maximum absolute atomic E-state index is 12.6. The molecule has 15 heteroatoms. The first-order valence-corrected chi connectivity index (χ1v) is 21.9. The largest absolute Gasteiger partial charge is 0.472 e. The molecule has 51 heavy (non-hydrogen) atoms. The van der Waals surface area contributed by atoms with Gasteiger partial charge in [-0.05, 0) is 44.4 Å². The second-order valence-electron chi connectivity index (χ2n) is 13.4. The molecule has 13 nitrogen and oxygen atoms in total. The molecule has 0 spiro atoms. The van der Waals surface area contributed by atoms with E-state index in [0.29, 0.717) is 18.8 Å². The Morgan fingerprint density at radius 1 is 0.627 bits per heavy atom. The third-order valence-corrected chi connectivity index (χ3v) is 9.22. The molecule has 0 aliphatic carbocycles. The molecule has 0 aromatic rings. The Morgan fingerprint density at radius 3 is 1.69 bits per heavy atom. The van der Waals surface area contributed by atoms with E-state index in [4.69, 9.17) is 23.8 Å². The molecular formula is C36H68O13P2. The Labute approximate surface area is 306 Å². The summed E-state index contributed by atoms with van der Waals surface area (Å²) in [7, 11) is -9.65. The molecule has 1 unspecified atom stereocenters. The van der Waals surface area contributed by atoms with Gasteiger partial charge in [-0.3, -0.25) is 23.2 Å². The molecular weight excluding hydrogens is 702 g/mol. The Bertz CT molecular complexity index is 1030. The molecule has 0 bridgehead atoms. The summed E-state index contributed by atoms with van der Waals surface area (Å²) in [5.74, 6) is -0.354. The highest BCUT2D eigenvalue weighted by atomic mass is 31.2. The average Bonchev–Trinajstić information content (AvgIpc) is 3.06. The van der Waals surface area contributed by atoms with Gasteiger partial charge in [-0.1, -0.05) is 122 Å². The van der Waals surface area contributed by atoms with Gasteiger partial charge in [0.2, 0.25) is 0 Å². The van der Waals surface area contributed by atoms with Crippen LogP contribution in [0.1, 0.15) is 149 Å². The van der Waals surface area contributed by atoms with E-state index in [2.05, 4.69) is 54.1 Å². The van der Waals surface area contributed by atoms with Gasteiger partial charge in [0, 0.05) is 12.8 Å². The molecule has 0 aromatic carbocycles. The normalized spacial score (nSPS) is 14.7. The third-order valence-electron chi connectivity index (χ3n) is 7.79. The number of hydrogen-bond donors (Lipinski definition) is 4. The topological polar surface area (TPSA) is 195 Å². The number of aliphatic hydroxyl groups excluding tert-OH is 1. The van der Waals surface area contributed by atoms with Crippen molar-refractivity contribution < 1.29 is 61.6 Å². The van der Waals surface area contributed by atoms with Crippen LogP contribution in [-0.4, -0.2) is 70.4 Å². The third kappa shape index (κ3) is 36.7. The molecule has 3 atom stereocenters. The molecule has 0 heterocycles. The Hall–Kier alpha value is -1.40. The second-order valence-corrected chi connectivity index (χ2v) is 16.1. The molecule has 300 valence electrons. The van der Waals surface area contributed by atoms with Crippen molar-refractivity contribution in [1.29, 1.82) is 0 Å². The Balaban J connectivity index is 4.61. The molecule has 0 aromatic heterocycles. The number of ether oxygens (including phenoxy) is 2. The Kier molecular flexibility index (Phi) is 31.2. The number of phosphoric acid groups is 2. The highest BCUT2D eigenvalue weighted by molar-refractivity contribution is 7.47. The van der Waals surface area contributed by atoms with Crippen molar-refractivity contribution in [3.63, 3.8) is 0 Å². The van der Waals surface area contributed by atoms with E-state index in [9.17, 15) is 28.7 Å². The lowest BCUT2D eigenvalue weighted by atomic mass is 10.0. The summed E-state index contributed by atoms with van der Waals surface area (Å²) in [5.41, 5.74) is 0. The van der Waals surface area contributed by atoms with Crippen LogP contribution in [0.15, 0.2) is 24.3 Å². The van der Waals surface area contributed by atoms with Gasteiger partial charge >= 0.3 is 27.6 Å². The van der Waals surface area contributed by atoms with E-state index in [-0.39, 0.29) is 19.4 Å². The summed E-state index contributed by atoms with van der Waals surface area (Å²) in [4.78, 5) is 52.3. The number of esters is 2. The first kappa shape index (κ1) is 49.6. The molecule has 0 aliphatic heterocycles. The van der Waals surface area contributed by atoms with E-state index in [0.717, 1.165) is 57.8 Å². The molecule has 0 radical (unpaired) electrons. The van der Waals surface area contributed by atoms with Crippen LogP contribution in [0, 0.1) is 5.92 Å². The van der Waals surface area contributed by atoms with Crippen molar-refractivity contribution in [2.45, 2.75) is 161 Å². The summed E-state index contributed by atoms with van der Waals surface area (Å²) < 4.78 is 47.5. The summed E-state index contributed by atoms with van der Waals surface area (Å²) in [6.07, 6.45) is 25.0. The van der Waals surface area contributed by atoms with Crippen LogP contribution in [-0.2, 0) is 41.8 Å². The van der Waals surface area contributed by atoms with E-state index < -0.39 is 59.6 Å². The lowest BCUT2D eigenvalue weighted by molar-refractivity contribution is -0.161. The molecule has 0 saturated carbocycles. The molecule has 4 N–H and O–H groups in total. The number of hydrogen-bond acceptors (Lipinski definition) is 10. The van der Waals surface area contributed by atoms with Crippen LogP contribution in [0.3, 0.4) is 0 Å². The van der Waals surface area contributed by atoms with Crippen molar-refractivity contribution in [1.82, 2.24) is 0 Å². The van der Waals surface area contributed by atoms with Gasteiger partial charge in [0.25, 0.3) is 0 Å². The van der Waals surface area contributed by atoms with Crippen molar-refractivity contribution >= 4 is 27.6 Å². The SMILES string of the molecule is CCCCCC/C=C\C=C/CCCCCCCC(=O)O[C@H](COC(=O)CCCCCCCCC(C)C)COP(=O)(O)OC[C@@H](O)COP(=O)(O)O. The van der Waals surface area contributed by atoms with Gasteiger partial charge in [-0.25, -0.2) is 9.13 Å². The number of phosphoric ester groups is 2. The highest BCUT2D eigenvalue weighted by Gasteiger charge is 2.28. The summed E-state index contributed by atoms with van der Waals surface area (Å²) >= 11 is 0. The molecule has 0 fully saturated rings. The van der Waals surface area contributed by atoms with Crippen molar-refractivity contribution in [3.05, 3.63) is 24.3 Å². The van der Waals surface area contributed by atoms with Gasteiger partial charge in [0.05, 0.1) is 19.8 Å². The van der Waals surface area contributed by atoms with Gasteiger partial charge in [0.1, 0.15) is 12.7 Å². The number of aliphatic hydroxyl groups is 1. The lowest BCUT2D eigenvalue weighted by Gasteiger charge is -2.20. The maximum atomic E-state index is 12.6. The second kappa shape index (κ2) is 32.1. The number of carbonyl (C=O) groups excluding carboxylic acids is 2.